The Balaban J connectivity index is 4.28. The van der Waals surface area contributed by atoms with Crippen LogP contribution in [0.1, 0.15) is 13.3 Å². The fourth-order valence-electron chi connectivity index (χ4n) is 1.21. The standard InChI is InChI=1S/C10H19N3O5S/c1-7(19(2)18)3-4-12-10(17)13(5-8(11)14)6-9(15)16/h7H,3-6H2,1-2H3,(H2,11,14)(H,12,17)(H,15,16). The van der Waals surface area contributed by atoms with E-state index in [9.17, 15) is 18.6 Å². The Bertz CT molecular complexity index is 358. The molecule has 0 saturated carbocycles. The number of carbonyl (C=O) groups is 3. The van der Waals surface area contributed by atoms with Gasteiger partial charge in [-0.15, -0.1) is 0 Å². The molecule has 0 aliphatic carbocycles. The van der Waals surface area contributed by atoms with Crippen molar-refractivity contribution >= 4 is 28.7 Å². The number of primary amides is 1. The summed E-state index contributed by atoms with van der Waals surface area (Å²) in [7, 11) is -0.987. The van der Waals surface area contributed by atoms with Crippen LogP contribution in [0.3, 0.4) is 0 Å². The predicted octanol–water partition coefficient (Wildman–Crippen LogP) is -1.27. The van der Waals surface area contributed by atoms with Crippen molar-refractivity contribution in [2.45, 2.75) is 18.6 Å². The Morgan fingerprint density at radius 1 is 1.37 bits per heavy atom. The number of hydrogen-bond acceptors (Lipinski definition) is 4. The van der Waals surface area contributed by atoms with Crippen molar-refractivity contribution in [3.63, 3.8) is 0 Å². The molecule has 8 nitrogen and oxygen atoms in total. The summed E-state index contributed by atoms with van der Waals surface area (Å²) in [6.45, 7) is 0.951. The number of aliphatic carboxylic acids is 1. The quantitative estimate of drug-likeness (QED) is 0.513. The van der Waals surface area contributed by atoms with Crippen LogP contribution in [0, 0.1) is 0 Å². The molecule has 0 spiro atoms. The van der Waals surface area contributed by atoms with Crippen LogP contribution in [0.4, 0.5) is 4.79 Å². The second-order valence-electron chi connectivity index (χ2n) is 4.05. The third kappa shape index (κ3) is 8.14. The Labute approximate surface area is 113 Å². The smallest absolute Gasteiger partial charge is 0.323 e. The molecule has 2 atom stereocenters. The van der Waals surface area contributed by atoms with Crippen molar-refractivity contribution in [2.75, 3.05) is 25.9 Å². The first-order valence-electron chi connectivity index (χ1n) is 5.59. The summed E-state index contributed by atoms with van der Waals surface area (Å²) >= 11 is 0. The molecular formula is C10H19N3O5S. The van der Waals surface area contributed by atoms with Crippen LogP contribution in [0.5, 0.6) is 0 Å². The van der Waals surface area contributed by atoms with Gasteiger partial charge < -0.3 is 21.1 Å². The highest BCUT2D eigenvalue weighted by molar-refractivity contribution is 7.84. The van der Waals surface area contributed by atoms with Crippen LogP contribution >= 0.6 is 0 Å². The van der Waals surface area contributed by atoms with E-state index in [2.05, 4.69) is 5.32 Å². The maximum atomic E-state index is 11.6. The molecule has 0 radical (unpaired) electrons. The highest BCUT2D eigenvalue weighted by Gasteiger charge is 2.18. The number of urea groups is 1. The Morgan fingerprint density at radius 3 is 2.37 bits per heavy atom. The maximum absolute atomic E-state index is 11.6. The summed E-state index contributed by atoms with van der Waals surface area (Å²) < 4.78 is 11.1. The van der Waals surface area contributed by atoms with E-state index in [1.165, 1.54) is 0 Å². The van der Waals surface area contributed by atoms with Crippen molar-refractivity contribution in [1.29, 1.82) is 0 Å². The molecule has 0 fully saturated rings. The van der Waals surface area contributed by atoms with E-state index in [-0.39, 0.29) is 11.8 Å². The second kappa shape index (κ2) is 8.46. The minimum atomic E-state index is -1.24. The number of amides is 3. The molecule has 2 unspecified atom stereocenters. The number of rotatable bonds is 8. The molecule has 0 aromatic heterocycles. The molecule has 0 aromatic rings. The summed E-state index contributed by atoms with van der Waals surface area (Å²) in [6.07, 6.45) is 2.06. The maximum Gasteiger partial charge on any atom is 0.323 e. The van der Waals surface area contributed by atoms with Crippen molar-refractivity contribution < 1.29 is 23.7 Å². The zero-order chi connectivity index (χ0) is 15.0. The van der Waals surface area contributed by atoms with Gasteiger partial charge in [-0.05, 0) is 6.42 Å². The molecule has 0 saturated heterocycles. The molecule has 0 aliphatic rings. The zero-order valence-corrected chi connectivity index (χ0v) is 11.7. The van der Waals surface area contributed by atoms with Gasteiger partial charge in [0.2, 0.25) is 5.91 Å². The predicted molar refractivity (Wildman–Crippen MR) is 69.9 cm³/mol. The summed E-state index contributed by atoms with van der Waals surface area (Å²) in [5.74, 6) is -2.03. The van der Waals surface area contributed by atoms with E-state index in [4.69, 9.17) is 10.8 Å². The summed E-state index contributed by atoms with van der Waals surface area (Å²) in [6, 6.07) is -0.685. The van der Waals surface area contributed by atoms with Gasteiger partial charge in [0.1, 0.15) is 13.1 Å². The lowest BCUT2D eigenvalue weighted by atomic mass is 10.3. The largest absolute Gasteiger partial charge is 0.480 e. The molecule has 0 rings (SSSR count). The van der Waals surface area contributed by atoms with Crippen molar-refractivity contribution in [2.24, 2.45) is 5.73 Å². The molecule has 0 aliphatic heterocycles. The number of carboxylic acid groups (broad SMARTS) is 1. The van der Waals surface area contributed by atoms with E-state index >= 15 is 0 Å². The average Bonchev–Trinajstić information content (AvgIpc) is 2.26. The monoisotopic (exact) mass is 293 g/mol. The fourth-order valence-corrected chi connectivity index (χ4v) is 1.66. The lowest BCUT2D eigenvalue weighted by Crippen LogP contribution is -2.47. The van der Waals surface area contributed by atoms with Crippen molar-refractivity contribution in [3.05, 3.63) is 0 Å². The van der Waals surface area contributed by atoms with Gasteiger partial charge in [-0.1, -0.05) is 6.92 Å². The fraction of sp³-hybridized carbons (Fsp3) is 0.700. The lowest BCUT2D eigenvalue weighted by molar-refractivity contribution is -0.137. The van der Waals surface area contributed by atoms with Crippen molar-refractivity contribution in [1.82, 2.24) is 10.2 Å². The van der Waals surface area contributed by atoms with E-state index < -0.39 is 41.8 Å². The van der Waals surface area contributed by atoms with Crippen LogP contribution in [-0.4, -0.2) is 63.3 Å². The lowest BCUT2D eigenvalue weighted by Gasteiger charge is -2.20. The summed E-state index contributed by atoms with van der Waals surface area (Å²) in [5.41, 5.74) is 4.93. The van der Waals surface area contributed by atoms with Gasteiger partial charge in [0.05, 0.1) is 0 Å². The first-order valence-corrected chi connectivity index (χ1v) is 7.21. The minimum Gasteiger partial charge on any atom is -0.480 e. The van der Waals surface area contributed by atoms with Gasteiger partial charge in [-0.25, -0.2) is 4.79 Å². The van der Waals surface area contributed by atoms with Crippen LogP contribution in [0.25, 0.3) is 0 Å². The van der Waals surface area contributed by atoms with Gasteiger partial charge >= 0.3 is 12.0 Å². The molecule has 19 heavy (non-hydrogen) atoms. The van der Waals surface area contributed by atoms with Gasteiger partial charge in [0.15, 0.2) is 0 Å². The number of nitrogens with one attached hydrogen (secondary N) is 1. The van der Waals surface area contributed by atoms with Gasteiger partial charge in [0, 0.05) is 28.9 Å². The average molecular weight is 293 g/mol. The molecule has 3 amide bonds. The minimum absolute atomic E-state index is 0.0793. The third-order valence-corrected chi connectivity index (χ3v) is 3.72. The second-order valence-corrected chi connectivity index (χ2v) is 5.85. The molecule has 0 heterocycles. The summed E-state index contributed by atoms with van der Waals surface area (Å²) in [5, 5.41) is 11.0. The molecular weight excluding hydrogens is 274 g/mol. The normalized spacial score (nSPS) is 13.4. The first-order chi connectivity index (χ1) is 8.73. The van der Waals surface area contributed by atoms with Crippen LogP contribution in [0.15, 0.2) is 0 Å². The van der Waals surface area contributed by atoms with Crippen LogP contribution in [-0.2, 0) is 20.4 Å². The SMILES string of the molecule is CC(CCNC(=O)N(CC(N)=O)CC(=O)O)S(C)=O. The Kier molecular flexibility index (Phi) is 7.73. The van der Waals surface area contributed by atoms with E-state index in [1.54, 1.807) is 13.2 Å². The van der Waals surface area contributed by atoms with E-state index in [1.807, 2.05) is 0 Å². The highest BCUT2D eigenvalue weighted by Crippen LogP contribution is 1.98. The zero-order valence-electron chi connectivity index (χ0n) is 10.9. The first kappa shape index (κ1) is 17.4. The molecule has 9 heteroatoms. The van der Waals surface area contributed by atoms with Gasteiger partial charge in [-0.3, -0.25) is 13.8 Å². The van der Waals surface area contributed by atoms with Crippen LogP contribution in [0.2, 0.25) is 0 Å². The molecule has 0 bridgehead atoms. The number of carboxylic acids is 1. The van der Waals surface area contributed by atoms with Crippen LogP contribution < -0.4 is 11.1 Å². The Hall–Kier alpha value is -1.64. The van der Waals surface area contributed by atoms with E-state index in [0.29, 0.717) is 6.42 Å². The highest BCUT2D eigenvalue weighted by atomic mass is 32.2. The molecule has 110 valence electrons. The Morgan fingerprint density at radius 2 is 1.95 bits per heavy atom. The number of nitrogens with two attached hydrogens (primary N) is 1. The third-order valence-electron chi connectivity index (χ3n) is 2.35. The molecule has 0 aromatic carbocycles. The number of carbonyl (C=O) groups excluding carboxylic acids is 2. The van der Waals surface area contributed by atoms with Crippen molar-refractivity contribution in [3.8, 4) is 0 Å². The van der Waals surface area contributed by atoms with Gasteiger partial charge in [0.25, 0.3) is 0 Å². The summed E-state index contributed by atoms with van der Waals surface area (Å²) in [4.78, 5) is 33.7. The molecule has 4 N–H and O–H groups in total. The van der Waals surface area contributed by atoms with E-state index in [0.717, 1.165) is 4.90 Å². The number of nitrogens with zero attached hydrogens (tertiary/aromatic N) is 1. The number of hydrogen-bond donors (Lipinski definition) is 3. The topological polar surface area (TPSA) is 130 Å². The van der Waals surface area contributed by atoms with Gasteiger partial charge in [-0.2, -0.15) is 0 Å².